The van der Waals surface area contributed by atoms with Crippen LogP contribution in [-0.4, -0.2) is 71.2 Å². The van der Waals surface area contributed by atoms with E-state index in [1.54, 1.807) is 12.1 Å². The topological polar surface area (TPSA) is 27.5 Å². The van der Waals surface area contributed by atoms with Crippen molar-refractivity contribution in [2.45, 2.75) is 12.5 Å². The monoisotopic (exact) mass is 343 g/mol. The third-order valence-corrected chi connectivity index (χ3v) is 5.56. The highest BCUT2D eigenvalue weighted by Crippen LogP contribution is 2.21. The van der Waals surface area contributed by atoms with Crippen molar-refractivity contribution < 1.29 is 4.39 Å². The molecule has 4 rings (SSSR count). The van der Waals surface area contributed by atoms with Crippen molar-refractivity contribution in [3.8, 4) is 0 Å². The van der Waals surface area contributed by atoms with Crippen molar-refractivity contribution in [3.05, 3.63) is 48.3 Å². The number of benzene rings is 1. The summed E-state index contributed by atoms with van der Waals surface area (Å²) in [7, 11) is 2.06. The Labute approximate surface area is 148 Å². The largest absolute Gasteiger partial charge is 0.369 e. The number of aromatic nitrogens is 2. The number of rotatable bonds is 5. The number of likely N-dealkylation sites (tertiary alicyclic amines) is 1. The Morgan fingerprint density at radius 3 is 2.44 bits per heavy atom. The zero-order chi connectivity index (χ0) is 17.2. The van der Waals surface area contributed by atoms with Gasteiger partial charge in [-0.3, -0.25) is 9.80 Å². The first-order valence-corrected chi connectivity index (χ1v) is 9.11. The Hall–Kier alpha value is -1.92. The highest BCUT2D eigenvalue weighted by molar-refractivity contribution is 5.46. The van der Waals surface area contributed by atoms with Crippen molar-refractivity contribution in [2.75, 3.05) is 50.7 Å². The summed E-state index contributed by atoms with van der Waals surface area (Å²) in [6.45, 7) is 7.71. The zero-order valence-corrected chi connectivity index (χ0v) is 14.8. The first-order chi connectivity index (χ1) is 12.2. The maximum atomic E-state index is 13.1. The van der Waals surface area contributed by atoms with Crippen LogP contribution < -0.4 is 4.90 Å². The molecule has 0 unspecified atom stereocenters. The second kappa shape index (κ2) is 7.14. The van der Waals surface area contributed by atoms with Gasteiger partial charge in [0.25, 0.3) is 0 Å². The third kappa shape index (κ3) is 3.70. The van der Waals surface area contributed by atoms with Crippen molar-refractivity contribution in [1.29, 1.82) is 0 Å². The van der Waals surface area contributed by atoms with E-state index < -0.39 is 0 Å². The van der Waals surface area contributed by atoms with Gasteiger partial charge in [-0.15, -0.1) is 0 Å². The van der Waals surface area contributed by atoms with Crippen molar-refractivity contribution >= 4 is 5.69 Å². The van der Waals surface area contributed by atoms with Crippen LogP contribution in [0.3, 0.4) is 0 Å². The normalized spacial score (nSPS) is 20.0. The van der Waals surface area contributed by atoms with Crippen LogP contribution >= 0.6 is 0 Å². The van der Waals surface area contributed by atoms with E-state index in [4.69, 9.17) is 0 Å². The van der Waals surface area contributed by atoms with Crippen LogP contribution in [0.25, 0.3) is 0 Å². The minimum absolute atomic E-state index is 0.164. The average molecular weight is 343 g/mol. The molecule has 3 heterocycles. The van der Waals surface area contributed by atoms with Gasteiger partial charge in [-0.2, -0.15) is 0 Å². The smallest absolute Gasteiger partial charge is 0.123 e. The Morgan fingerprint density at radius 2 is 1.80 bits per heavy atom. The van der Waals surface area contributed by atoms with Gasteiger partial charge in [0.2, 0.25) is 0 Å². The highest BCUT2D eigenvalue weighted by Gasteiger charge is 2.33. The van der Waals surface area contributed by atoms with Crippen molar-refractivity contribution in [2.24, 2.45) is 7.05 Å². The van der Waals surface area contributed by atoms with Gasteiger partial charge < -0.3 is 9.47 Å². The Kier molecular flexibility index (Phi) is 4.72. The molecule has 2 saturated heterocycles. The summed E-state index contributed by atoms with van der Waals surface area (Å²) >= 11 is 0. The van der Waals surface area contributed by atoms with Crippen molar-refractivity contribution in [3.63, 3.8) is 0 Å². The summed E-state index contributed by atoms with van der Waals surface area (Å²) in [5.41, 5.74) is 2.43. The lowest BCUT2D eigenvalue weighted by molar-refractivity contribution is 0.0314. The fraction of sp³-hybridized carbons (Fsp3) is 0.526. The molecule has 2 fully saturated rings. The first-order valence-electron chi connectivity index (χ1n) is 9.11. The third-order valence-electron chi connectivity index (χ3n) is 5.56. The molecule has 0 saturated carbocycles. The SMILES string of the molecule is Cn1cncc1CCN1CC(N2CCN(c3ccc(F)cc3)CC2)C1. The molecule has 0 radical (unpaired) electrons. The first kappa shape index (κ1) is 16.5. The van der Waals surface area contributed by atoms with Crippen LogP contribution in [0, 0.1) is 5.82 Å². The molecule has 0 amide bonds. The van der Waals surface area contributed by atoms with Gasteiger partial charge in [-0.05, 0) is 24.3 Å². The molecule has 2 aliphatic rings. The Morgan fingerprint density at radius 1 is 1.08 bits per heavy atom. The van der Waals surface area contributed by atoms with Crippen LogP contribution in [0.4, 0.5) is 10.1 Å². The zero-order valence-electron chi connectivity index (χ0n) is 14.8. The van der Waals surface area contributed by atoms with E-state index in [9.17, 15) is 4.39 Å². The Bertz CT molecular complexity index is 684. The average Bonchev–Trinajstić information content (AvgIpc) is 3.00. The number of imidazole rings is 1. The van der Waals surface area contributed by atoms with E-state index in [2.05, 4.69) is 31.3 Å². The van der Waals surface area contributed by atoms with Crippen LogP contribution in [-0.2, 0) is 13.5 Å². The lowest BCUT2D eigenvalue weighted by atomic mass is 10.1. The summed E-state index contributed by atoms with van der Waals surface area (Å²) in [6, 6.07) is 7.56. The van der Waals surface area contributed by atoms with Crippen LogP contribution in [0.1, 0.15) is 5.69 Å². The summed E-state index contributed by atoms with van der Waals surface area (Å²) in [4.78, 5) is 11.7. The Balaban J connectivity index is 1.19. The van der Waals surface area contributed by atoms with E-state index >= 15 is 0 Å². The molecule has 0 spiro atoms. The fourth-order valence-electron chi connectivity index (χ4n) is 3.85. The number of nitrogens with zero attached hydrogens (tertiary/aromatic N) is 5. The van der Waals surface area contributed by atoms with Gasteiger partial charge in [0.05, 0.1) is 6.33 Å². The van der Waals surface area contributed by atoms with Gasteiger partial charge in [-0.1, -0.05) is 0 Å². The lowest BCUT2D eigenvalue weighted by Gasteiger charge is -2.48. The number of piperazine rings is 1. The minimum atomic E-state index is -0.164. The molecule has 6 heteroatoms. The predicted octanol–water partition coefficient (Wildman–Crippen LogP) is 1.61. The van der Waals surface area contributed by atoms with E-state index in [1.165, 1.54) is 18.8 Å². The van der Waals surface area contributed by atoms with Crippen molar-refractivity contribution in [1.82, 2.24) is 19.4 Å². The number of hydrogen-bond donors (Lipinski definition) is 0. The molecule has 1 aromatic heterocycles. The van der Waals surface area contributed by atoms with Gasteiger partial charge in [0.1, 0.15) is 5.82 Å². The van der Waals surface area contributed by atoms with Gasteiger partial charge in [-0.25, -0.2) is 9.37 Å². The molecule has 2 aliphatic heterocycles. The molecule has 0 bridgehead atoms. The molecular weight excluding hydrogens is 317 g/mol. The summed E-state index contributed by atoms with van der Waals surface area (Å²) in [5, 5.41) is 0. The maximum absolute atomic E-state index is 13.1. The maximum Gasteiger partial charge on any atom is 0.123 e. The molecular formula is C19H26FN5. The van der Waals surface area contributed by atoms with Crippen LogP contribution in [0.15, 0.2) is 36.8 Å². The van der Waals surface area contributed by atoms with Crippen LogP contribution in [0.2, 0.25) is 0 Å². The molecule has 134 valence electrons. The fourth-order valence-corrected chi connectivity index (χ4v) is 3.85. The molecule has 0 N–H and O–H groups in total. The molecule has 2 aromatic rings. The molecule has 25 heavy (non-hydrogen) atoms. The number of hydrogen-bond acceptors (Lipinski definition) is 4. The molecule has 5 nitrogen and oxygen atoms in total. The van der Waals surface area contributed by atoms with E-state index in [0.29, 0.717) is 6.04 Å². The van der Waals surface area contributed by atoms with Gasteiger partial charge in [0, 0.05) is 82.9 Å². The molecule has 1 aromatic carbocycles. The predicted molar refractivity (Wildman–Crippen MR) is 97.3 cm³/mol. The second-order valence-corrected chi connectivity index (χ2v) is 7.16. The standard InChI is InChI=1S/C19H26FN5/c1-22-15-21-12-18(22)6-7-23-13-19(14-23)25-10-8-24(9-11-25)17-4-2-16(20)3-5-17/h2-5,12,15,19H,6-11,13-14H2,1H3. The summed E-state index contributed by atoms with van der Waals surface area (Å²) in [6.07, 6.45) is 4.91. The van der Waals surface area contributed by atoms with Crippen LogP contribution in [0.5, 0.6) is 0 Å². The molecule has 0 aliphatic carbocycles. The van der Waals surface area contributed by atoms with E-state index in [1.807, 2.05) is 24.7 Å². The number of halogens is 1. The highest BCUT2D eigenvalue weighted by atomic mass is 19.1. The van der Waals surface area contributed by atoms with Gasteiger partial charge >= 0.3 is 0 Å². The number of aryl methyl sites for hydroxylation is 1. The second-order valence-electron chi connectivity index (χ2n) is 7.16. The van der Waals surface area contributed by atoms with E-state index in [0.717, 1.165) is 44.8 Å². The summed E-state index contributed by atoms with van der Waals surface area (Å²) < 4.78 is 15.2. The van der Waals surface area contributed by atoms with Gasteiger partial charge in [0.15, 0.2) is 0 Å². The van der Waals surface area contributed by atoms with E-state index in [-0.39, 0.29) is 5.82 Å². The summed E-state index contributed by atoms with van der Waals surface area (Å²) in [5.74, 6) is -0.164. The lowest BCUT2D eigenvalue weighted by Crippen LogP contribution is -2.63. The molecule has 0 atom stereocenters. The minimum Gasteiger partial charge on any atom is -0.369 e. The quantitative estimate of drug-likeness (QED) is 0.824. The number of anilines is 1.